The van der Waals surface area contributed by atoms with E-state index in [1.54, 1.807) is 13.1 Å². The van der Waals surface area contributed by atoms with Crippen LogP contribution in [0.3, 0.4) is 0 Å². The van der Waals surface area contributed by atoms with Crippen molar-refractivity contribution in [2.75, 3.05) is 27.2 Å². The third-order valence-corrected chi connectivity index (χ3v) is 4.25. The van der Waals surface area contributed by atoms with Gasteiger partial charge in [-0.05, 0) is 50.6 Å². The van der Waals surface area contributed by atoms with Crippen molar-refractivity contribution in [3.63, 3.8) is 0 Å². The smallest absolute Gasteiger partial charge is 0.312 e. The first-order valence-corrected chi connectivity index (χ1v) is 7.43. The first-order valence-electron chi connectivity index (χ1n) is 7.43. The maximum atomic E-state index is 12.8. The van der Waals surface area contributed by atoms with Crippen LogP contribution in [-0.4, -0.2) is 32.1 Å². The molecule has 118 valence electrons. The molecule has 1 fully saturated rings. The van der Waals surface area contributed by atoms with E-state index in [-0.39, 0.29) is 6.04 Å². The van der Waals surface area contributed by atoms with Crippen LogP contribution >= 0.6 is 0 Å². The van der Waals surface area contributed by atoms with E-state index in [1.807, 2.05) is 7.05 Å². The van der Waals surface area contributed by atoms with Gasteiger partial charge in [-0.1, -0.05) is 18.6 Å². The molecule has 1 aliphatic rings. The minimum Gasteiger partial charge on any atom is -0.312 e. The van der Waals surface area contributed by atoms with E-state index in [1.165, 1.54) is 31.4 Å². The van der Waals surface area contributed by atoms with E-state index in [0.29, 0.717) is 12.1 Å². The van der Waals surface area contributed by atoms with Gasteiger partial charge in [0.15, 0.2) is 0 Å². The van der Waals surface area contributed by atoms with Crippen LogP contribution in [0.25, 0.3) is 0 Å². The van der Waals surface area contributed by atoms with Crippen LogP contribution in [0.5, 0.6) is 0 Å². The van der Waals surface area contributed by atoms with Gasteiger partial charge in [0.1, 0.15) is 0 Å². The van der Waals surface area contributed by atoms with Crippen LogP contribution in [0, 0.1) is 5.92 Å². The molecule has 1 N–H and O–H groups in total. The molecule has 0 bridgehead atoms. The van der Waals surface area contributed by atoms with Gasteiger partial charge >= 0.3 is 6.18 Å². The number of nitrogens with one attached hydrogen (secondary N) is 1. The normalized spacial score (nSPS) is 17.8. The number of nitrogens with zero attached hydrogens (tertiary/aromatic N) is 1. The molecule has 2 rings (SSSR count). The van der Waals surface area contributed by atoms with Crippen molar-refractivity contribution < 1.29 is 13.2 Å². The zero-order valence-electron chi connectivity index (χ0n) is 12.6. The maximum Gasteiger partial charge on any atom is 0.416 e. The monoisotopic (exact) mass is 300 g/mol. The summed E-state index contributed by atoms with van der Waals surface area (Å²) in [7, 11) is 3.83. The van der Waals surface area contributed by atoms with Crippen molar-refractivity contribution in [2.24, 2.45) is 5.92 Å². The van der Waals surface area contributed by atoms with Crippen molar-refractivity contribution in [2.45, 2.75) is 31.5 Å². The van der Waals surface area contributed by atoms with E-state index in [9.17, 15) is 13.2 Å². The molecule has 0 spiro atoms. The van der Waals surface area contributed by atoms with Crippen LogP contribution in [0.1, 0.15) is 36.4 Å². The fourth-order valence-electron chi connectivity index (χ4n) is 2.80. The highest BCUT2D eigenvalue weighted by molar-refractivity contribution is 5.28. The van der Waals surface area contributed by atoms with Crippen LogP contribution in [0.4, 0.5) is 13.2 Å². The summed E-state index contributed by atoms with van der Waals surface area (Å²) < 4.78 is 38.4. The molecular formula is C16H23F3N2. The maximum absolute atomic E-state index is 12.8. The number of halogens is 3. The average molecular weight is 300 g/mol. The minimum absolute atomic E-state index is 0.0858. The van der Waals surface area contributed by atoms with Gasteiger partial charge in [0.25, 0.3) is 0 Å². The molecule has 5 heteroatoms. The Morgan fingerprint density at radius 1 is 1.33 bits per heavy atom. The standard InChI is InChI=1S/C16H23F3N2/c1-20-15(11-21(2)10-12-5-3-6-12)13-7-4-8-14(9-13)16(17,18)19/h4,7-9,12,15,20H,3,5-6,10-11H2,1-2H3. The molecule has 1 aromatic rings. The lowest BCUT2D eigenvalue weighted by Gasteiger charge is -2.32. The Hall–Kier alpha value is -1.07. The van der Waals surface area contributed by atoms with Gasteiger partial charge in [0, 0.05) is 19.1 Å². The quantitative estimate of drug-likeness (QED) is 0.862. The fraction of sp³-hybridized carbons (Fsp3) is 0.625. The number of benzene rings is 1. The summed E-state index contributed by atoms with van der Waals surface area (Å²) in [6, 6.07) is 5.52. The average Bonchev–Trinajstić information content (AvgIpc) is 2.39. The third-order valence-electron chi connectivity index (χ3n) is 4.25. The van der Waals surface area contributed by atoms with Crippen LogP contribution < -0.4 is 5.32 Å². The lowest BCUT2D eigenvalue weighted by atomic mass is 9.85. The molecule has 0 heterocycles. The zero-order valence-corrected chi connectivity index (χ0v) is 12.6. The van der Waals surface area contributed by atoms with Gasteiger partial charge < -0.3 is 10.2 Å². The number of alkyl halides is 3. The van der Waals surface area contributed by atoms with Crippen LogP contribution in [0.2, 0.25) is 0 Å². The van der Waals surface area contributed by atoms with E-state index in [2.05, 4.69) is 10.2 Å². The Kier molecular flexibility index (Phi) is 5.27. The number of hydrogen-bond donors (Lipinski definition) is 1. The summed E-state index contributed by atoms with van der Waals surface area (Å²) in [4.78, 5) is 2.21. The molecule has 0 amide bonds. The van der Waals surface area contributed by atoms with Crippen LogP contribution in [-0.2, 0) is 6.18 Å². The van der Waals surface area contributed by atoms with E-state index < -0.39 is 11.7 Å². The van der Waals surface area contributed by atoms with E-state index >= 15 is 0 Å². The Bertz CT molecular complexity index is 455. The summed E-state index contributed by atoms with van der Waals surface area (Å²) in [5, 5.41) is 3.13. The van der Waals surface area contributed by atoms with Crippen molar-refractivity contribution in [1.82, 2.24) is 10.2 Å². The Balaban J connectivity index is 2.02. The van der Waals surface area contributed by atoms with Gasteiger partial charge in [-0.3, -0.25) is 0 Å². The molecule has 0 radical (unpaired) electrons. The molecule has 0 aromatic heterocycles. The Morgan fingerprint density at radius 2 is 2.05 bits per heavy atom. The first kappa shape index (κ1) is 16.3. The Morgan fingerprint density at radius 3 is 2.57 bits per heavy atom. The molecule has 1 aromatic carbocycles. The first-order chi connectivity index (χ1) is 9.90. The highest BCUT2D eigenvalue weighted by atomic mass is 19.4. The number of rotatable bonds is 6. The van der Waals surface area contributed by atoms with Crippen molar-refractivity contribution in [3.8, 4) is 0 Å². The summed E-state index contributed by atoms with van der Waals surface area (Å²) in [5.41, 5.74) is 0.106. The molecule has 1 aliphatic carbocycles. The van der Waals surface area contributed by atoms with Crippen molar-refractivity contribution >= 4 is 0 Å². The summed E-state index contributed by atoms with van der Waals surface area (Å²) >= 11 is 0. The highest BCUT2D eigenvalue weighted by Gasteiger charge is 2.31. The highest BCUT2D eigenvalue weighted by Crippen LogP contribution is 2.31. The summed E-state index contributed by atoms with van der Waals surface area (Å²) in [6.07, 6.45) is -0.427. The summed E-state index contributed by atoms with van der Waals surface area (Å²) in [6.45, 7) is 1.74. The van der Waals surface area contributed by atoms with Gasteiger partial charge in [0.05, 0.1) is 5.56 Å². The van der Waals surface area contributed by atoms with Crippen molar-refractivity contribution in [1.29, 1.82) is 0 Å². The Labute approximate surface area is 124 Å². The number of likely N-dealkylation sites (N-methyl/N-ethyl adjacent to an activating group) is 2. The SMILES string of the molecule is CNC(CN(C)CC1CCC1)c1cccc(C(F)(F)F)c1. The molecule has 1 saturated carbocycles. The molecule has 2 nitrogen and oxygen atoms in total. The third kappa shape index (κ3) is 4.45. The predicted molar refractivity (Wildman–Crippen MR) is 78.1 cm³/mol. The van der Waals surface area contributed by atoms with Gasteiger partial charge in [-0.25, -0.2) is 0 Å². The second-order valence-corrected chi connectivity index (χ2v) is 5.98. The molecule has 1 unspecified atom stereocenters. The van der Waals surface area contributed by atoms with Crippen LogP contribution in [0.15, 0.2) is 24.3 Å². The molecular weight excluding hydrogens is 277 g/mol. The minimum atomic E-state index is -4.29. The fourth-order valence-corrected chi connectivity index (χ4v) is 2.80. The van der Waals surface area contributed by atoms with Gasteiger partial charge in [-0.15, -0.1) is 0 Å². The molecule has 21 heavy (non-hydrogen) atoms. The topological polar surface area (TPSA) is 15.3 Å². The predicted octanol–water partition coefficient (Wildman–Crippen LogP) is 3.70. The number of hydrogen-bond acceptors (Lipinski definition) is 2. The molecule has 1 atom stereocenters. The van der Waals surface area contributed by atoms with E-state index in [4.69, 9.17) is 0 Å². The van der Waals surface area contributed by atoms with Gasteiger partial charge in [0.2, 0.25) is 0 Å². The second-order valence-electron chi connectivity index (χ2n) is 5.98. The molecule has 0 saturated heterocycles. The lowest BCUT2D eigenvalue weighted by molar-refractivity contribution is -0.137. The van der Waals surface area contributed by atoms with E-state index in [0.717, 1.165) is 18.5 Å². The zero-order chi connectivity index (χ0) is 15.5. The van der Waals surface area contributed by atoms with Crippen molar-refractivity contribution in [3.05, 3.63) is 35.4 Å². The molecule has 0 aliphatic heterocycles. The van der Waals surface area contributed by atoms with Gasteiger partial charge in [-0.2, -0.15) is 13.2 Å². The summed E-state index contributed by atoms with van der Waals surface area (Å²) in [5.74, 6) is 0.758. The second kappa shape index (κ2) is 6.79. The largest absolute Gasteiger partial charge is 0.416 e. The lowest BCUT2D eigenvalue weighted by Crippen LogP contribution is -2.36.